The summed E-state index contributed by atoms with van der Waals surface area (Å²) in [6, 6.07) is 12.0. The van der Waals surface area contributed by atoms with Gasteiger partial charge in [0.1, 0.15) is 17.2 Å². The molecule has 1 aliphatic rings. The summed E-state index contributed by atoms with van der Waals surface area (Å²) in [5, 5.41) is 2.85. The van der Waals surface area contributed by atoms with Gasteiger partial charge in [0, 0.05) is 37.1 Å². The van der Waals surface area contributed by atoms with Gasteiger partial charge in [0.15, 0.2) is 5.82 Å². The Kier molecular flexibility index (Phi) is 6.66. The molecule has 0 saturated carbocycles. The summed E-state index contributed by atoms with van der Waals surface area (Å²) < 4.78 is 21.9. The van der Waals surface area contributed by atoms with E-state index in [1.165, 1.54) is 0 Å². The molecular weight excluding hydrogens is 412 g/mol. The van der Waals surface area contributed by atoms with Crippen molar-refractivity contribution < 1.29 is 23.7 Å². The molecule has 3 aromatic rings. The highest BCUT2D eigenvalue weighted by Crippen LogP contribution is 2.30. The van der Waals surface area contributed by atoms with Gasteiger partial charge in [-0.05, 0) is 36.4 Å². The van der Waals surface area contributed by atoms with Crippen LogP contribution in [0.1, 0.15) is 10.4 Å². The predicted octanol–water partition coefficient (Wildman–Crippen LogP) is 3.38. The van der Waals surface area contributed by atoms with Gasteiger partial charge in [-0.25, -0.2) is 9.97 Å². The third-order valence-electron chi connectivity index (χ3n) is 4.94. The van der Waals surface area contributed by atoms with Crippen LogP contribution < -0.4 is 24.4 Å². The number of amides is 1. The molecule has 32 heavy (non-hydrogen) atoms. The fourth-order valence-electron chi connectivity index (χ4n) is 3.27. The van der Waals surface area contributed by atoms with E-state index in [0.29, 0.717) is 53.4 Å². The Morgan fingerprint density at radius 2 is 1.69 bits per heavy atom. The summed E-state index contributed by atoms with van der Waals surface area (Å²) in [7, 11) is 3.11. The van der Waals surface area contributed by atoms with Crippen molar-refractivity contribution in [3.05, 3.63) is 60.4 Å². The molecule has 2 aromatic carbocycles. The Balaban J connectivity index is 1.47. The van der Waals surface area contributed by atoms with E-state index in [2.05, 4.69) is 20.2 Å². The van der Waals surface area contributed by atoms with E-state index in [1.54, 1.807) is 69.1 Å². The SMILES string of the molecule is COc1ccc(OC)c(NC(=O)c2ccc(Oc3nccnc3N3CCOCC3)cc2)c1. The Hall–Kier alpha value is -3.85. The van der Waals surface area contributed by atoms with Gasteiger partial charge in [-0.15, -0.1) is 0 Å². The second-order valence-corrected chi connectivity index (χ2v) is 6.93. The lowest BCUT2D eigenvalue weighted by atomic mass is 10.2. The molecule has 0 radical (unpaired) electrons. The molecule has 0 aliphatic carbocycles. The zero-order chi connectivity index (χ0) is 22.3. The minimum atomic E-state index is -0.281. The lowest BCUT2D eigenvalue weighted by molar-refractivity contribution is 0.102. The van der Waals surface area contributed by atoms with Gasteiger partial charge < -0.3 is 29.2 Å². The van der Waals surface area contributed by atoms with E-state index in [4.69, 9.17) is 18.9 Å². The molecule has 0 atom stereocenters. The van der Waals surface area contributed by atoms with Crippen LogP contribution in [0.25, 0.3) is 0 Å². The summed E-state index contributed by atoms with van der Waals surface area (Å²) >= 11 is 0. The number of nitrogens with zero attached hydrogens (tertiary/aromatic N) is 3. The Labute approximate surface area is 185 Å². The maximum Gasteiger partial charge on any atom is 0.263 e. The minimum Gasteiger partial charge on any atom is -0.497 e. The number of aromatic nitrogens is 2. The second kappa shape index (κ2) is 9.97. The first-order chi connectivity index (χ1) is 15.7. The number of benzene rings is 2. The predicted molar refractivity (Wildman–Crippen MR) is 119 cm³/mol. The van der Waals surface area contributed by atoms with Crippen LogP contribution in [0.3, 0.4) is 0 Å². The third-order valence-corrected chi connectivity index (χ3v) is 4.94. The van der Waals surface area contributed by atoms with Crippen LogP contribution in [0, 0.1) is 0 Å². The lowest BCUT2D eigenvalue weighted by Crippen LogP contribution is -2.37. The molecule has 0 spiro atoms. The van der Waals surface area contributed by atoms with Crippen molar-refractivity contribution in [2.45, 2.75) is 0 Å². The highest BCUT2D eigenvalue weighted by atomic mass is 16.5. The maximum atomic E-state index is 12.7. The summed E-state index contributed by atoms with van der Waals surface area (Å²) in [4.78, 5) is 23.5. The number of ether oxygens (including phenoxy) is 4. The van der Waals surface area contributed by atoms with Gasteiger partial charge in [-0.2, -0.15) is 0 Å². The maximum absolute atomic E-state index is 12.7. The van der Waals surface area contributed by atoms with E-state index in [9.17, 15) is 4.79 Å². The molecule has 1 fully saturated rings. The summed E-state index contributed by atoms with van der Waals surface area (Å²) in [5.74, 6) is 2.50. The monoisotopic (exact) mass is 436 g/mol. The molecule has 9 nitrogen and oxygen atoms in total. The quantitative estimate of drug-likeness (QED) is 0.602. The molecule has 4 rings (SSSR count). The van der Waals surface area contributed by atoms with Crippen molar-refractivity contribution in [1.82, 2.24) is 9.97 Å². The number of rotatable bonds is 7. The third kappa shape index (κ3) is 4.89. The van der Waals surface area contributed by atoms with Crippen molar-refractivity contribution in [1.29, 1.82) is 0 Å². The zero-order valence-electron chi connectivity index (χ0n) is 17.9. The van der Waals surface area contributed by atoms with Crippen molar-refractivity contribution in [2.75, 3.05) is 50.7 Å². The number of methoxy groups -OCH3 is 2. The average molecular weight is 436 g/mol. The standard InChI is InChI=1S/C23H24N4O5/c1-29-18-7-8-20(30-2)19(15-18)26-22(28)16-3-5-17(6-4-16)32-23-21(24-9-10-25-23)27-11-13-31-14-12-27/h3-10,15H,11-14H2,1-2H3,(H,26,28). The highest BCUT2D eigenvalue weighted by molar-refractivity contribution is 6.05. The normalized spacial score (nSPS) is 13.4. The molecular formula is C23H24N4O5. The van der Waals surface area contributed by atoms with E-state index >= 15 is 0 Å². The number of hydrogen-bond donors (Lipinski definition) is 1. The number of hydrogen-bond acceptors (Lipinski definition) is 8. The Morgan fingerprint density at radius 3 is 2.41 bits per heavy atom. The zero-order valence-corrected chi connectivity index (χ0v) is 17.9. The molecule has 2 heterocycles. The molecule has 1 amide bonds. The molecule has 1 aliphatic heterocycles. The molecule has 9 heteroatoms. The van der Waals surface area contributed by atoms with Crippen LogP contribution in [0.2, 0.25) is 0 Å². The van der Waals surface area contributed by atoms with Crippen LogP contribution in [-0.4, -0.2) is 56.4 Å². The van der Waals surface area contributed by atoms with Crippen LogP contribution >= 0.6 is 0 Å². The smallest absolute Gasteiger partial charge is 0.263 e. The fraction of sp³-hybridized carbons (Fsp3) is 0.261. The number of carbonyl (C=O) groups is 1. The Morgan fingerprint density at radius 1 is 0.969 bits per heavy atom. The van der Waals surface area contributed by atoms with E-state index in [1.807, 2.05) is 0 Å². The van der Waals surface area contributed by atoms with Crippen molar-refractivity contribution in [3.63, 3.8) is 0 Å². The topological polar surface area (TPSA) is 95.0 Å². The first kappa shape index (κ1) is 21.4. The largest absolute Gasteiger partial charge is 0.497 e. The van der Waals surface area contributed by atoms with Gasteiger partial charge in [0.25, 0.3) is 11.8 Å². The number of carbonyl (C=O) groups excluding carboxylic acids is 1. The molecule has 0 unspecified atom stereocenters. The van der Waals surface area contributed by atoms with Gasteiger partial charge >= 0.3 is 0 Å². The summed E-state index contributed by atoms with van der Waals surface area (Å²) in [6.45, 7) is 2.72. The minimum absolute atomic E-state index is 0.281. The molecule has 1 saturated heterocycles. The highest BCUT2D eigenvalue weighted by Gasteiger charge is 2.18. The van der Waals surface area contributed by atoms with E-state index in [0.717, 1.165) is 13.1 Å². The summed E-state index contributed by atoms with van der Waals surface area (Å²) in [6.07, 6.45) is 3.22. The number of nitrogens with one attached hydrogen (secondary N) is 1. The number of anilines is 2. The first-order valence-corrected chi connectivity index (χ1v) is 10.1. The Bertz CT molecular complexity index is 1070. The average Bonchev–Trinajstić information content (AvgIpc) is 2.85. The van der Waals surface area contributed by atoms with E-state index in [-0.39, 0.29) is 5.91 Å². The van der Waals surface area contributed by atoms with Crippen LogP contribution in [0.5, 0.6) is 23.1 Å². The molecule has 1 N–H and O–H groups in total. The first-order valence-electron chi connectivity index (χ1n) is 10.1. The van der Waals surface area contributed by atoms with Gasteiger partial charge in [-0.1, -0.05) is 0 Å². The number of morpholine rings is 1. The van der Waals surface area contributed by atoms with Crippen molar-refractivity contribution in [2.24, 2.45) is 0 Å². The fourth-order valence-corrected chi connectivity index (χ4v) is 3.27. The van der Waals surface area contributed by atoms with Crippen molar-refractivity contribution >= 4 is 17.4 Å². The van der Waals surface area contributed by atoms with Crippen LogP contribution in [0.15, 0.2) is 54.9 Å². The molecule has 1 aromatic heterocycles. The van der Waals surface area contributed by atoms with E-state index < -0.39 is 0 Å². The van der Waals surface area contributed by atoms with Gasteiger partial charge in [0.2, 0.25) is 0 Å². The van der Waals surface area contributed by atoms with Gasteiger partial charge in [0.05, 0.1) is 33.1 Å². The molecule has 0 bridgehead atoms. The second-order valence-electron chi connectivity index (χ2n) is 6.93. The lowest BCUT2D eigenvalue weighted by Gasteiger charge is -2.28. The molecule has 166 valence electrons. The van der Waals surface area contributed by atoms with Crippen LogP contribution in [-0.2, 0) is 4.74 Å². The summed E-state index contributed by atoms with van der Waals surface area (Å²) in [5.41, 5.74) is 0.988. The van der Waals surface area contributed by atoms with Crippen molar-refractivity contribution in [3.8, 4) is 23.1 Å². The van der Waals surface area contributed by atoms with Crippen LogP contribution in [0.4, 0.5) is 11.5 Å². The van der Waals surface area contributed by atoms with Gasteiger partial charge in [-0.3, -0.25) is 4.79 Å².